The molecule has 0 aliphatic carbocycles. The van der Waals surface area contributed by atoms with E-state index in [1.165, 1.54) is 23.9 Å². The van der Waals surface area contributed by atoms with Gasteiger partial charge in [-0.2, -0.15) is 5.10 Å². The summed E-state index contributed by atoms with van der Waals surface area (Å²) in [5.74, 6) is -0.760. The van der Waals surface area contributed by atoms with Gasteiger partial charge in [-0.15, -0.1) is 0 Å². The molecule has 1 aromatic carbocycles. The zero-order valence-corrected chi connectivity index (χ0v) is 11.1. The average Bonchev–Trinajstić information content (AvgIpc) is 2.72. The Kier molecular flexibility index (Phi) is 3.76. The highest BCUT2D eigenvalue weighted by Crippen LogP contribution is 2.14. The topological polar surface area (TPSA) is 44.1 Å². The molecule has 0 aliphatic rings. The minimum atomic E-state index is -0.463. The van der Waals surface area contributed by atoms with Crippen LogP contribution in [0.3, 0.4) is 0 Å². The molecular formula is C12H10BrFN2O2. The van der Waals surface area contributed by atoms with E-state index in [-0.39, 0.29) is 5.82 Å². The first-order valence-electron chi connectivity index (χ1n) is 5.16. The van der Waals surface area contributed by atoms with Crippen molar-refractivity contribution in [2.24, 2.45) is 0 Å². The number of aromatic nitrogens is 2. The Hall–Kier alpha value is -1.69. The van der Waals surface area contributed by atoms with Gasteiger partial charge in [-0.3, -0.25) is 4.68 Å². The predicted octanol–water partition coefficient (Wildman–Crippen LogP) is 2.62. The molecule has 0 amide bonds. The Morgan fingerprint density at radius 2 is 2.11 bits per heavy atom. The van der Waals surface area contributed by atoms with Crippen LogP contribution in [0.1, 0.15) is 16.1 Å². The molecule has 4 nitrogen and oxygen atoms in total. The number of ether oxygens (including phenoxy) is 1. The first kappa shape index (κ1) is 12.8. The Labute approximate surface area is 111 Å². The summed E-state index contributed by atoms with van der Waals surface area (Å²) in [6.07, 6.45) is 0. The van der Waals surface area contributed by atoms with Crippen molar-refractivity contribution in [3.8, 4) is 0 Å². The molecule has 0 bridgehead atoms. The van der Waals surface area contributed by atoms with Crippen LogP contribution in [0.2, 0.25) is 0 Å². The first-order chi connectivity index (χ1) is 8.60. The zero-order valence-electron chi connectivity index (χ0n) is 9.56. The van der Waals surface area contributed by atoms with E-state index < -0.39 is 5.97 Å². The fourth-order valence-corrected chi connectivity index (χ4v) is 1.95. The molecule has 0 saturated heterocycles. The second-order valence-corrected chi connectivity index (χ2v) is 4.44. The largest absolute Gasteiger partial charge is 0.464 e. The molecule has 1 heterocycles. The van der Waals surface area contributed by atoms with Crippen LogP contribution in [0.15, 0.2) is 34.9 Å². The normalized spacial score (nSPS) is 10.4. The monoisotopic (exact) mass is 312 g/mol. The predicted molar refractivity (Wildman–Crippen MR) is 66.8 cm³/mol. The van der Waals surface area contributed by atoms with Crippen molar-refractivity contribution in [3.63, 3.8) is 0 Å². The van der Waals surface area contributed by atoms with Gasteiger partial charge >= 0.3 is 5.97 Å². The fraction of sp³-hybridized carbons (Fsp3) is 0.167. The number of hydrogen-bond donors (Lipinski definition) is 0. The van der Waals surface area contributed by atoms with Crippen LogP contribution in [-0.4, -0.2) is 22.9 Å². The number of esters is 1. The summed E-state index contributed by atoms with van der Waals surface area (Å²) in [6, 6.07) is 7.60. The van der Waals surface area contributed by atoms with E-state index in [0.29, 0.717) is 16.8 Å². The van der Waals surface area contributed by atoms with Crippen LogP contribution in [0.4, 0.5) is 4.39 Å². The zero-order chi connectivity index (χ0) is 13.1. The third-order valence-corrected chi connectivity index (χ3v) is 2.78. The maximum atomic E-state index is 12.8. The lowest BCUT2D eigenvalue weighted by Crippen LogP contribution is -2.12. The van der Waals surface area contributed by atoms with Crippen LogP contribution in [0, 0.1) is 5.82 Å². The van der Waals surface area contributed by atoms with Crippen LogP contribution in [0.5, 0.6) is 0 Å². The summed E-state index contributed by atoms with van der Waals surface area (Å²) in [5.41, 5.74) is 1.19. The van der Waals surface area contributed by atoms with Gasteiger partial charge in [0.1, 0.15) is 16.1 Å². The molecule has 0 unspecified atom stereocenters. The van der Waals surface area contributed by atoms with Crippen LogP contribution in [-0.2, 0) is 11.3 Å². The number of carbonyl (C=O) groups excluding carboxylic acids is 1. The van der Waals surface area contributed by atoms with Crippen molar-refractivity contribution >= 4 is 21.9 Å². The molecule has 0 spiro atoms. The number of halogens is 2. The highest BCUT2D eigenvalue weighted by molar-refractivity contribution is 9.10. The minimum absolute atomic E-state index is 0.298. The SMILES string of the molecule is COC(=O)c1cc(Br)nn1Cc1ccc(F)cc1. The molecule has 2 rings (SSSR count). The van der Waals surface area contributed by atoms with Crippen LogP contribution < -0.4 is 0 Å². The lowest BCUT2D eigenvalue weighted by Gasteiger charge is -2.05. The molecule has 0 fully saturated rings. The van der Waals surface area contributed by atoms with Gasteiger partial charge in [-0.25, -0.2) is 9.18 Å². The number of hydrogen-bond acceptors (Lipinski definition) is 3. The first-order valence-corrected chi connectivity index (χ1v) is 5.95. The number of benzene rings is 1. The van der Waals surface area contributed by atoms with Gasteiger partial charge in [-0.05, 0) is 33.6 Å². The number of rotatable bonds is 3. The second kappa shape index (κ2) is 5.30. The summed E-state index contributed by atoms with van der Waals surface area (Å²) in [5, 5.41) is 4.14. The molecule has 2 aromatic rings. The van der Waals surface area contributed by atoms with Gasteiger partial charge in [0.2, 0.25) is 0 Å². The van der Waals surface area contributed by atoms with Crippen LogP contribution >= 0.6 is 15.9 Å². The highest BCUT2D eigenvalue weighted by Gasteiger charge is 2.14. The summed E-state index contributed by atoms with van der Waals surface area (Å²) >= 11 is 3.21. The summed E-state index contributed by atoms with van der Waals surface area (Å²) in [6.45, 7) is 0.371. The molecule has 18 heavy (non-hydrogen) atoms. The van der Waals surface area contributed by atoms with E-state index in [1.807, 2.05) is 0 Å². The van der Waals surface area contributed by atoms with Crippen molar-refractivity contribution < 1.29 is 13.9 Å². The van der Waals surface area contributed by atoms with Crippen molar-refractivity contribution in [2.45, 2.75) is 6.54 Å². The Balaban J connectivity index is 2.28. The van der Waals surface area contributed by atoms with E-state index in [9.17, 15) is 9.18 Å². The van der Waals surface area contributed by atoms with E-state index >= 15 is 0 Å². The maximum Gasteiger partial charge on any atom is 0.356 e. The van der Waals surface area contributed by atoms with Gasteiger partial charge in [0, 0.05) is 6.07 Å². The van der Waals surface area contributed by atoms with Gasteiger partial charge in [-0.1, -0.05) is 12.1 Å². The van der Waals surface area contributed by atoms with E-state index in [0.717, 1.165) is 5.56 Å². The molecule has 0 aliphatic heterocycles. The standard InChI is InChI=1S/C12H10BrFN2O2/c1-18-12(17)10-6-11(13)15-16(10)7-8-2-4-9(14)5-3-8/h2-6H,7H2,1H3. The molecule has 1 aromatic heterocycles. The quantitative estimate of drug-likeness (QED) is 0.818. The third kappa shape index (κ3) is 2.76. The Morgan fingerprint density at radius 1 is 1.44 bits per heavy atom. The van der Waals surface area contributed by atoms with Crippen molar-refractivity contribution in [3.05, 3.63) is 52.0 Å². The Bertz CT molecular complexity index is 566. The van der Waals surface area contributed by atoms with Gasteiger partial charge in [0.05, 0.1) is 13.7 Å². The van der Waals surface area contributed by atoms with Gasteiger partial charge in [0.15, 0.2) is 0 Å². The lowest BCUT2D eigenvalue weighted by atomic mass is 10.2. The average molecular weight is 313 g/mol. The molecule has 0 N–H and O–H groups in total. The number of methoxy groups -OCH3 is 1. The smallest absolute Gasteiger partial charge is 0.356 e. The molecular weight excluding hydrogens is 303 g/mol. The summed E-state index contributed by atoms with van der Waals surface area (Å²) < 4.78 is 19.5. The van der Waals surface area contributed by atoms with Crippen molar-refractivity contribution in [2.75, 3.05) is 7.11 Å². The van der Waals surface area contributed by atoms with Crippen molar-refractivity contribution in [1.82, 2.24) is 9.78 Å². The third-order valence-electron chi connectivity index (χ3n) is 2.39. The summed E-state index contributed by atoms with van der Waals surface area (Å²) in [7, 11) is 1.31. The molecule has 0 radical (unpaired) electrons. The molecule has 0 atom stereocenters. The van der Waals surface area contributed by atoms with Gasteiger partial charge < -0.3 is 4.74 Å². The fourth-order valence-electron chi connectivity index (χ4n) is 1.54. The van der Waals surface area contributed by atoms with E-state index in [2.05, 4.69) is 25.8 Å². The minimum Gasteiger partial charge on any atom is -0.464 e. The molecule has 6 heteroatoms. The maximum absolute atomic E-state index is 12.8. The van der Waals surface area contributed by atoms with Gasteiger partial charge in [0.25, 0.3) is 0 Å². The second-order valence-electron chi connectivity index (χ2n) is 3.63. The number of carbonyl (C=O) groups is 1. The van der Waals surface area contributed by atoms with E-state index in [4.69, 9.17) is 0 Å². The van der Waals surface area contributed by atoms with Crippen LogP contribution in [0.25, 0.3) is 0 Å². The van der Waals surface area contributed by atoms with E-state index in [1.54, 1.807) is 18.2 Å². The molecule has 94 valence electrons. The Morgan fingerprint density at radius 3 is 2.72 bits per heavy atom. The van der Waals surface area contributed by atoms with Crippen molar-refractivity contribution in [1.29, 1.82) is 0 Å². The highest BCUT2D eigenvalue weighted by atomic mass is 79.9. The molecule has 0 saturated carbocycles. The summed E-state index contributed by atoms with van der Waals surface area (Å²) in [4.78, 5) is 11.5. The lowest BCUT2D eigenvalue weighted by molar-refractivity contribution is 0.0587. The number of nitrogens with zero attached hydrogens (tertiary/aromatic N) is 2.